The van der Waals surface area contributed by atoms with Gasteiger partial charge in [0.15, 0.2) is 0 Å². The van der Waals surface area contributed by atoms with Gasteiger partial charge in [0.05, 0.1) is 47.8 Å². The highest BCUT2D eigenvalue weighted by Crippen LogP contribution is 2.35. The molecule has 6 aromatic rings. The molecule has 8 rings (SSSR count). The monoisotopic (exact) mass is 670 g/mol. The molecule has 8 heteroatoms. The first-order valence-electron chi connectivity index (χ1n) is 17.5. The average molecular weight is 671 g/mol. The summed E-state index contributed by atoms with van der Waals surface area (Å²) in [5.74, 6) is 8.38. The van der Waals surface area contributed by atoms with Gasteiger partial charge in [0.1, 0.15) is 11.6 Å². The van der Waals surface area contributed by atoms with Gasteiger partial charge in [0.2, 0.25) is 11.8 Å². The Hall–Kier alpha value is -6.20. The lowest BCUT2D eigenvalue weighted by Crippen LogP contribution is -2.32. The second-order valence-electron chi connectivity index (χ2n) is 13.4. The minimum absolute atomic E-state index is 0.0397. The second kappa shape index (κ2) is 14.0. The van der Waals surface area contributed by atoms with E-state index >= 15 is 0 Å². The van der Waals surface area contributed by atoms with E-state index < -0.39 is 0 Å². The number of rotatable bonds is 7. The van der Waals surface area contributed by atoms with Gasteiger partial charge < -0.3 is 19.8 Å². The molecule has 2 saturated heterocycles. The molecule has 2 N–H and O–H groups in total. The number of H-pyrrole nitrogens is 2. The van der Waals surface area contributed by atoms with Crippen LogP contribution in [0.2, 0.25) is 0 Å². The summed E-state index contributed by atoms with van der Waals surface area (Å²) in [4.78, 5) is 46.8. The highest BCUT2D eigenvalue weighted by Gasteiger charge is 2.34. The smallest absolute Gasteiger partial charge is 0.227 e. The largest absolute Gasteiger partial charge is 0.340 e. The van der Waals surface area contributed by atoms with Gasteiger partial charge in [0.25, 0.3) is 0 Å². The maximum atomic E-state index is 13.3. The van der Waals surface area contributed by atoms with Crippen molar-refractivity contribution in [1.29, 1.82) is 0 Å². The van der Waals surface area contributed by atoms with E-state index in [-0.39, 0.29) is 23.9 Å². The topological polar surface area (TPSA) is 98.0 Å². The van der Waals surface area contributed by atoms with Gasteiger partial charge in [-0.3, -0.25) is 9.59 Å². The Morgan fingerprint density at radius 2 is 1.43 bits per heavy atom. The Morgan fingerprint density at radius 3 is 2.16 bits per heavy atom. The minimum atomic E-state index is -0.167. The summed E-state index contributed by atoms with van der Waals surface area (Å²) in [6.07, 6.45) is 5.16. The summed E-state index contributed by atoms with van der Waals surface area (Å²) in [5, 5.41) is 0. The summed E-state index contributed by atoms with van der Waals surface area (Å²) < 4.78 is 0. The highest BCUT2D eigenvalue weighted by atomic mass is 16.2. The molecule has 0 aliphatic carbocycles. The standard InChI is InChI=1S/C43H38N6O2/c1-29-23-39(49(28-29)41(51)26-32-11-6-3-7-12-32)43-45-35-21-18-33(24-36(35)46-43)15-14-30-16-19-34(20-17-30)37-27-44-42(47-37)38-13-8-22-48(38)40(50)25-31-9-4-2-5-10-31/h2-7,9-12,16-21,24,27,38-39H,1,8,13,22-23,25-26,28H2,(H,44,47)(H,45,46)/t38-,39-/m0/s1. The third kappa shape index (κ3) is 6.97. The summed E-state index contributed by atoms with van der Waals surface area (Å²) in [5.41, 5.74) is 8.47. The Labute approximate surface area is 297 Å². The lowest BCUT2D eigenvalue weighted by molar-refractivity contribution is -0.132. The van der Waals surface area contributed by atoms with Crippen molar-refractivity contribution in [3.8, 4) is 23.1 Å². The average Bonchev–Trinajstić information content (AvgIpc) is 3.97. The Kier molecular flexibility index (Phi) is 8.77. The fourth-order valence-electron chi connectivity index (χ4n) is 7.19. The van der Waals surface area contributed by atoms with Crippen LogP contribution in [0.1, 0.15) is 65.2 Å². The summed E-state index contributed by atoms with van der Waals surface area (Å²) in [7, 11) is 0. The van der Waals surface area contributed by atoms with E-state index in [1.807, 2.05) is 119 Å². The number of hydrogen-bond acceptors (Lipinski definition) is 4. The van der Waals surface area contributed by atoms with Crippen molar-refractivity contribution in [3.63, 3.8) is 0 Å². The van der Waals surface area contributed by atoms with Crippen molar-refractivity contribution in [2.45, 2.75) is 44.2 Å². The number of fused-ring (bicyclic) bond motifs is 1. The number of aromatic nitrogens is 4. The molecule has 2 amide bonds. The number of carbonyl (C=O) groups is 2. The molecule has 2 aromatic heterocycles. The van der Waals surface area contributed by atoms with Gasteiger partial charge in [-0.15, -0.1) is 0 Å². The molecule has 0 bridgehead atoms. The zero-order valence-electron chi connectivity index (χ0n) is 28.3. The van der Waals surface area contributed by atoms with E-state index in [9.17, 15) is 9.59 Å². The van der Waals surface area contributed by atoms with E-state index in [2.05, 4.69) is 33.4 Å². The van der Waals surface area contributed by atoms with Gasteiger partial charge >= 0.3 is 0 Å². The lowest BCUT2D eigenvalue weighted by atomic mass is 10.1. The molecule has 0 saturated carbocycles. The van der Waals surface area contributed by atoms with Crippen LogP contribution < -0.4 is 0 Å². The molecule has 0 radical (unpaired) electrons. The van der Waals surface area contributed by atoms with E-state index in [1.165, 1.54) is 0 Å². The van der Waals surface area contributed by atoms with Crippen LogP contribution in [-0.4, -0.2) is 54.6 Å². The molecule has 2 aliphatic rings. The third-order valence-corrected chi connectivity index (χ3v) is 9.82. The van der Waals surface area contributed by atoms with Gasteiger partial charge in [-0.1, -0.05) is 96.8 Å². The molecule has 0 unspecified atom stereocenters. The number of benzene rings is 4. The van der Waals surface area contributed by atoms with Gasteiger partial charge in [-0.25, -0.2) is 9.97 Å². The molecule has 2 aliphatic heterocycles. The van der Waals surface area contributed by atoms with E-state index in [0.717, 1.165) is 81.2 Å². The van der Waals surface area contributed by atoms with Crippen LogP contribution in [0.25, 0.3) is 22.3 Å². The molecule has 51 heavy (non-hydrogen) atoms. The fraction of sp³-hybridized carbons (Fsp3) is 0.209. The number of carbonyl (C=O) groups excluding carboxylic acids is 2. The van der Waals surface area contributed by atoms with Gasteiger partial charge in [0, 0.05) is 24.2 Å². The van der Waals surface area contributed by atoms with Crippen molar-refractivity contribution >= 4 is 22.8 Å². The number of amides is 2. The summed E-state index contributed by atoms with van der Waals surface area (Å²) in [6.45, 7) is 5.47. The molecule has 4 heterocycles. The SMILES string of the molecule is C=C1C[C@@H](c2nc3ccc(C#Cc4ccc(-c5cnc([C@@H]6CCCN6C(=O)Cc6ccccc6)[nH]5)cc4)cc3[nH]2)N(C(=O)Cc2ccccc2)C1. The van der Waals surface area contributed by atoms with Crippen molar-refractivity contribution in [3.05, 3.63) is 155 Å². The fourth-order valence-corrected chi connectivity index (χ4v) is 7.19. The quantitative estimate of drug-likeness (QED) is 0.137. The van der Waals surface area contributed by atoms with Crippen LogP contribution in [-0.2, 0) is 22.4 Å². The van der Waals surface area contributed by atoms with Crippen LogP contribution in [0, 0.1) is 11.8 Å². The van der Waals surface area contributed by atoms with Crippen LogP contribution in [0.15, 0.2) is 121 Å². The zero-order valence-corrected chi connectivity index (χ0v) is 28.3. The van der Waals surface area contributed by atoms with Crippen molar-refractivity contribution in [2.24, 2.45) is 0 Å². The van der Waals surface area contributed by atoms with Gasteiger partial charge in [-0.05, 0) is 66.3 Å². The number of hydrogen-bond donors (Lipinski definition) is 2. The molecule has 252 valence electrons. The number of nitrogens with one attached hydrogen (secondary N) is 2. The number of aromatic amines is 2. The third-order valence-electron chi connectivity index (χ3n) is 9.82. The van der Waals surface area contributed by atoms with Crippen LogP contribution in [0.4, 0.5) is 0 Å². The summed E-state index contributed by atoms with van der Waals surface area (Å²) >= 11 is 0. The molecular weight excluding hydrogens is 633 g/mol. The summed E-state index contributed by atoms with van der Waals surface area (Å²) in [6, 6.07) is 33.6. The molecular formula is C43H38N6O2. The lowest BCUT2D eigenvalue weighted by Gasteiger charge is -2.23. The molecule has 2 fully saturated rings. The second-order valence-corrected chi connectivity index (χ2v) is 13.4. The number of nitrogens with zero attached hydrogens (tertiary/aromatic N) is 4. The first-order chi connectivity index (χ1) is 25.0. The normalized spacial score (nSPS) is 17.1. The first kappa shape index (κ1) is 32.0. The maximum absolute atomic E-state index is 13.3. The van der Waals surface area contributed by atoms with Crippen molar-refractivity contribution in [2.75, 3.05) is 13.1 Å². The number of likely N-dealkylation sites (tertiary alicyclic amines) is 2. The maximum Gasteiger partial charge on any atom is 0.227 e. The number of imidazole rings is 2. The zero-order chi connectivity index (χ0) is 34.7. The van der Waals surface area contributed by atoms with Crippen LogP contribution in [0.5, 0.6) is 0 Å². The highest BCUT2D eigenvalue weighted by molar-refractivity contribution is 5.81. The predicted molar refractivity (Wildman–Crippen MR) is 198 cm³/mol. The van der Waals surface area contributed by atoms with Crippen molar-refractivity contribution in [1.82, 2.24) is 29.7 Å². The van der Waals surface area contributed by atoms with E-state index in [1.54, 1.807) is 0 Å². The Balaban J connectivity index is 0.932. The molecule has 2 atom stereocenters. The molecule has 8 nitrogen and oxygen atoms in total. The van der Waals surface area contributed by atoms with Crippen molar-refractivity contribution < 1.29 is 9.59 Å². The molecule has 0 spiro atoms. The van der Waals surface area contributed by atoms with Crippen LogP contribution >= 0.6 is 0 Å². The Morgan fingerprint density at radius 1 is 0.765 bits per heavy atom. The van der Waals surface area contributed by atoms with Gasteiger partial charge in [-0.2, -0.15) is 0 Å². The van der Waals surface area contributed by atoms with Crippen LogP contribution in [0.3, 0.4) is 0 Å². The predicted octanol–water partition coefficient (Wildman–Crippen LogP) is 7.33. The Bertz CT molecular complexity index is 2280. The van der Waals surface area contributed by atoms with E-state index in [4.69, 9.17) is 4.98 Å². The molecule has 4 aromatic carbocycles. The first-order valence-corrected chi connectivity index (χ1v) is 17.5. The minimum Gasteiger partial charge on any atom is -0.340 e. The van der Waals surface area contributed by atoms with E-state index in [0.29, 0.717) is 25.8 Å².